The predicted molar refractivity (Wildman–Crippen MR) is 76.8 cm³/mol. The van der Waals surface area contributed by atoms with Gasteiger partial charge in [-0.25, -0.2) is 4.98 Å². The van der Waals surface area contributed by atoms with Crippen molar-refractivity contribution in [3.8, 4) is 0 Å². The van der Waals surface area contributed by atoms with Crippen molar-refractivity contribution in [3.05, 3.63) is 29.0 Å². The van der Waals surface area contributed by atoms with Crippen molar-refractivity contribution in [2.45, 2.75) is 39.7 Å². The van der Waals surface area contributed by atoms with Crippen LogP contribution in [0.15, 0.2) is 18.3 Å². The maximum Gasteiger partial charge on any atom is 0.305 e. The molecule has 5 nitrogen and oxygen atoms in total. The Hall–Kier alpha value is -1.62. The van der Waals surface area contributed by atoms with Crippen LogP contribution in [0.25, 0.3) is 0 Å². The third-order valence-electron chi connectivity index (χ3n) is 2.58. The van der Waals surface area contributed by atoms with Gasteiger partial charge in [-0.3, -0.25) is 9.59 Å². The molecule has 1 heterocycles. The second-order valence-corrected chi connectivity index (χ2v) is 6.33. The molecular weight excluding hydrogens is 280 g/mol. The summed E-state index contributed by atoms with van der Waals surface area (Å²) in [5, 5.41) is 12.1. The van der Waals surface area contributed by atoms with E-state index in [0.29, 0.717) is 11.4 Å². The number of pyridine rings is 1. The molecule has 1 unspecified atom stereocenters. The number of halogens is 1. The van der Waals surface area contributed by atoms with E-state index in [2.05, 4.69) is 10.3 Å². The van der Waals surface area contributed by atoms with Crippen molar-refractivity contribution in [3.63, 3.8) is 0 Å². The Morgan fingerprint density at radius 3 is 2.50 bits per heavy atom. The van der Waals surface area contributed by atoms with Crippen LogP contribution >= 0.6 is 11.6 Å². The zero-order valence-electron chi connectivity index (χ0n) is 11.8. The lowest BCUT2D eigenvalue weighted by atomic mass is 9.87. The van der Waals surface area contributed by atoms with Gasteiger partial charge in [0, 0.05) is 12.2 Å². The second-order valence-electron chi connectivity index (χ2n) is 5.89. The van der Waals surface area contributed by atoms with Gasteiger partial charge in [0.1, 0.15) is 5.69 Å². The van der Waals surface area contributed by atoms with Crippen molar-refractivity contribution in [2.24, 2.45) is 5.41 Å². The number of carboxylic acid groups (broad SMARTS) is 1. The summed E-state index contributed by atoms with van der Waals surface area (Å²) < 4.78 is 0. The molecule has 0 radical (unpaired) electrons. The fourth-order valence-corrected chi connectivity index (χ4v) is 2.01. The molecule has 0 aliphatic rings. The summed E-state index contributed by atoms with van der Waals surface area (Å²) in [6.45, 7) is 5.98. The smallest absolute Gasteiger partial charge is 0.305 e. The first-order valence-electron chi connectivity index (χ1n) is 6.31. The average Bonchev–Trinajstić information content (AvgIpc) is 2.26. The maximum absolute atomic E-state index is 12.0. The Bertz CT molecular complexity index is 480. The van der Waals surface area contributed by atoms with E-state index in [1.807, 2.05) is 20.8 Å². The van der Waals surface area contributed by atoms with Crippen LogP contribution in [0, 0.1) is 5.41 Å². The molecule has 0 bridgehead atoms. The Kier molecular flexibility index (Phi) is 5.51. The van der Waals surface area contributed by atoms with E-state index in [0.717, 1.165) is 0 Å². The lowest BCUT2D eigenvalue weighted by Crippen LogP contribution is -2.39. The number of aliphatic carboxylic acids is 1. The molecule has 2 N–H and O–H groups in total. The van der Waals surface area contributed by atoms with Crippen molar-refractivity contribution in [2.75, 3.05) is 0 Å². The standard InChI is InChI=1S/C14H19ClN2O3/c1-14(2,3)7-10(6-12(18)19)17-13(20)11-5-4-9(15)8-16-11/h4-5,8,10H,6-7H2,1-3H3,(H,17,20)(H,18,19). The quantitative estimate of drug-likeness (QED) is 0.876. The molecule has 0 saturated carbocycles. The second kappa shape index (κ2) is 6.70. The van der Waals surface area contributed by atoms with Gasteiger partial charge in [-0.2, -0.15) is 0 Å². The molecular formula is C14H19ClN2O3. The zero-order valence-corrected chi connectivity index (χ0v) is 12.6. The highest BCUT2D eigenvalue weighted by Gasteiger charge is 2.23. The summed E-state index contributed by atoms with van der Waals surface area (Å²) in [4.78, 5) is 26.8. The summed E-state index contributed by atoms with van der Waals surface area (Å²) in [6, 6.07) is 2.64. The molecule has 6 heteroatoms. The van der Waals surface area contributed by atoms with E-state index >= 15 is 0 Å². The Morgan fingerprint density at radius 2 is 2.05 bits per heavy atom. The molecule has 0 fully saturated rings. The SMILES string of the molecule is CC(C)(C)CC(CC(=O)O)NC(=O)c1ccc(Cl)cn1. The van der Waals surface area contributed by atoms with Crippen LogP contribution in [-0.4, -0.2) is 28.0 Å². The van der Waals surface area contributed by atoms with Crippen LogP contribution in [0.3, 0.4) is 0 Å². The van der Waals surface area contributed by atoms with E-state index in [-0.39, 0.29) is 17.5 Å². The molecule has 110 valence electrons. The minimum absolute atomic E-state index is 0.0825. The first kappa shape index (κ1) is 16.4. The summed E-state index contributed by atoms with van der Waals surface area (Å²) in [5.41, 5.74) is 0.138. The van der Waals surface area contributed by atoms with E-state index in [9.17, 15) is 9.59 Å². The molecule has 0 saturated heterocycles. The lowest BCUT2D eigenvalue weighted by molar-refractivity contribution is -0.137. The number of amides is 1. The van der Waals surface area contributed by atoms with E-state index < -0.39 is 17.9 Å². The first-order chi connectivity index (χ1) is 9.17. The van der Waals surface area contributed by atoms with E-state index in [4.69, 9.17) is 16.7 Å². The average molecular weight is 299 g/mol. The molecule has 0 spiro atoms. The monoisotopic (exact) mass is 298 g/mol. The third-order valence-corrected chi connectivity index (χ3v) is 2.80. The topological polar surface area (TPSA) is 79.3 Å². The molecule has 1 amide bonds. The minimum atomic E-state index is -0.941. The molecule has 0 aromatic carbocycles. The van der Waals surface area contributed by atoms with Crippen LogP contribution in [0.1, 0.15) is 44.1 Å². The van der Waals surface area contributed by atoms with Crippen molar-refractivity contribution >= 4 is 23.5 Å². The van der Waals surface area contributed by atoms with Gasteiger partial charge < -0.3 is 10.4 Å². The highest BCUT2D eigenvalue weighted by Crippen LogP contribution is 2.22. The number of carboxylic acids is 1. The van der Waals surface area contributed by atoms with Gasteiger partial charge in [0.15, 0.2) is 0 Å². The fourth-order valence-electron chi connectivity index (χ4n) is 1.89. The molecule has 20 heavy (non-hydrogen) atoms. The Morgan fingerprint density at radius 1 is 1.40 bits per heavy atom. The highest BCUT2D eigenvalue weighted by molar-refractivity contribution is 6.30. The van der Waals surface area contributed by atoms with E-state index in [1.165, 1.54) is 12.3 Å². The number of carbonyl (C=O) groups is 2. The lowest BCUT2D eigenvalue weighted by Gasteiger charge is -2.25. The van der Waals surface area contributed by atoms with Gasteiger partial charge in [0.2, 0.25) is 0 Å². The third kappa shape index (κ3) is 6.02. The number of hydrogen-bond acceptors (Lipinski definition) is 3. The van der Waals surface area contributed by atoms with Crippen LogP contribution in [0.2, 0.25) is 5.02 Å². The van der Waals surface area contributed by atoms with Gasteiger partial charge in [-0.15, -0.1) is 0 Å². The summed E-state index contributed by atoms with van der Waals surface area (Å²) >= 11 is 5.71. The van der Waals surface area contributed by atoms with Crippen LogP contribution < -0.4 is 5.32 Å². The normalized spacial score (nSPS) is 12.8. The number of nitrogens with zero attached hydrogens (tertiary/aromatic N) is 1. The number of hydrogen-bond donors (Lipinski definition) is 2. The molecule has 1 aromatic rings. The molecule has 1 aromatic heterocycles. The van der Waals surface area contributed by atoms with Crippen LogP contribution in [-0.2, 0) is 4.79 Å². The first-order valence-corrected chi connectivity index (χ1v) is 6.69. The van der Waals surface area contributed by atoms with Gasteiger partial charge in [-0.1, -0.05) is 32.4 Å². The minimum Gasteiger partial charge on any atom is -0.481 e. The van der Waals surface area contributed by atoms with Crippen molar-refractivity contribution in [1.82, 2.24) is 10.3 Å². The largest absolute Gasteiger partial charge is 0.481 e. The highest BCUT2D eigenvalue weighted by atomic mass is 35.5. The fraction of sp³-hybridized carbons (Fsp3) is 0.500. The van der Waals surface area contributed by atoms with Gasteiger partial charge in [0.25, 0.3) is 5.91 Å². The Labute approximate surface area is 123 Å². The number of aromatic nitrogens is 1. The van der Waals surface area contributed by atoms with Crippen LogP contribution in [0.4, 0.5) is 0 Å². The van der Waals surface area contributed by atoms with Crippen molar-refractivity contribution < 1.29 is 14.7 Å². The zero-order chi connectivity index (χ0) is 15.3. The molecule has 1 rings (SSSR count). The molecule has 0 aliphatic heterocycles. The van der Waals surface area contributed by atoms with Gasteiger partial charge >= 0.3 is 5.97 Å². The molecule has 0 aliphatic carbocycles. The molecule has 1 atom stereocenters. The van der Waals surface area contributed by atoms with Gasteiger partial charge in [-0.05, 0) is 24.0 Å². The summed E-state index contributed by atoms with van der Waals surface area (Å²) in [5.74, 6) is -1.33. The van der Waals surface area contributed by atoms with Crippen molar-refractivity contribution in [1.29, 1.82) is 0 Å². The Balaban J connectivity index is 2.75. The van der Waals surface area contributed by atoms with Crippen LogP contribution in [0.5, 0.6) is 0 Å². The number of nitrogens with one attached hydrogen (secondary N) is 1. The summed E-state index contributed by atoms with van der Waals surface area (Å²) in [6.07, 6.45) is 1.83. The van der Waals surface area contributed by atoms with Gasteiger partial charge in [0.05, 0.1) is 11.4 Å². The number of carbonyl (C=O) groups excluding carboxylic acids is 1. The van der Waals surface area contributed by atoms with E-state index in [1.54, 1.807) is 6.07 Å². The maximum atomic E-state index is 12.0. The predicted octanol–water partition coefficient (Wildman–Crippen LogP) is 2.74. The summed E-state index contributed by atoms with van der Waals surface area (Å²) in [7, 11) is 0. The number of rotatable bonds is 5.